The third kappa shape index (κ3) is 3.71. The predicted molar refractivity (Wildman–Crippen MR) is 55.1 cm³/mol. The summed E-state index contributed by atoms with van der Waals surface area (Å²) in [5.74, 6) is -0.806. The third-order valence-electron chi connectivity index (χ3n) is 1.68. The van der Waals surface area contributed by atoms with E-state index in [-0.39, 0.29) is 4.90 Å². The molecule has 0 aliphatic carbocycles. The first-order valence-electron chi connectivity index (χ1n) is 3.95. The minimum absolute atomic E-state index is 0.0681. The van der Waals surface area contributed by atoms with E-state index in [1.807, 2.05) is 6.92 Å². The number of rotatable bonds is 4. The summed E-state index contributed by atoms with van der Waals surface area (Å²) in [5.41, 5.74) is 0.931. The van der Waals surface area contributed by atoms with Crippen molar-refractivity contribution in [2.75, 3.05) is 5.94 Å². The predicted octanol–water partition coefficient (Wildman–Crippen LogP) is 0.880. The monoisotopic (exact) mass is 250 g/mol. The van der Waals surface area contributed by atoms with Crippen LogP contribution in [-0.4, -0.2) is 23.1 Å². The average Bonchev–Trinajstić information content (AvgIpc) is 2.16. The molecule has 5 nitrogen and oxygen atoms in total. The molecule has 1 N–H and O–H groups in total. The normalized spacial score (nSPS) is 13.7. The summed E-state index contributed by atoms with van der Waals surface area (Å²) in [6, 6.07) is 6.13. The third-order valence-corrected chi connectivity index (χ3v) is 3.57. The van der Waals surface area contributed by atoms with Crippen LogP contribution in [0.4, 0.5) is 0 Å². The highest BCUT2D eigenvalue weighted by Gasteiger charge is 2.15. The molecule has 0 fully saturated rings. The zero-order valence-corrected chi connectivity index (χ0v) is 9.55. The summed E-state index contributed by atoms with van der Waals surface area (Å²) in [4.78, 5) is 0.0681. The van der Waals surface area contributed by atoms with Gasteiger partial charge >= 0.3 is 11.4 Å². The number of benzene rings is 1. The Hall–Kier alpha value is -0.760. The van der Waals surface area contributed by atoms with E-state index in [9.17, 15) is 12.6 Å². The first-order chi connectivity index (χ1) is 6.92. The van der Waals surface area contributed by atoms with Crippen LogP contribution in [0.2, 0.25) is 0 Å². The standard InChI is InChI=1S/C8H10O5S2/c1-7-2-4-8(5-3-7)15(11,12)6-13-14(9)10/h2-5H,6H2,1H3,(H,9,10). The van der Waals surface area contributed by atoms with Crippen LogP contribution in [0.5, 0.6) is 0 Å². The molecule has 1 unspecified atom stereocenters. The summed E-state index contributed by atoms with van der Waals surface area (Å²) >= 11 is -2.57. The topological polar surface area (TPSA) is 80.7 Å². The van der Waals surface area contributed by atoms with Crippen molar-refractivity contribution in [3.63, 3.8) is 0 Å². The molecule has 0 saturated heterocycles. The van der Waals surface area contributed by atoms with E-state index >= 15 is 0 Å². The van der Waals surface area contributed by atoms with Crippen LogP contribution in [-0.2, 0) is 25.4 Å². The van der Waals surface area contributed by atoms with Gasteiger partial charge in [-0.1, -0.05) is 17.7 Å². The number of hydrogen-bond donors (Lipinski definition) is 1. The average molecular weight is 250 g/mol. The molecule has 0 aromatic heterocycles. The molecule has 0 spiro atoms. The molecule has 1 aromatic carbocycles. The van der Waals surface area contributed by atoms with Crippen molar-refractivity contribution < 1.29 is 21.4 Å². The van der Waals surface area contributed by atoms with Gasteiger partial charge in [0.25, 0.3) is 0 Å². The molecular weight excluding hydrogens is 240 g/mol. The molecule has 0 saturated carbocycles. The molecule has 0 aliphatic rings. The highest BCUT2D eigenvalue weighted by molar-refractivity contribution is 7.91. The zero-order chi connectivity index (χ0) is 11.5. The Bertz CT molecular complexity index is 448. The van der Waals surface area contributed by atoms with Crippen molar-refractivity contribution in [3.8, 4) is 0 Å². The fourth-order valence-electron chi connectivity index (χ4n) is 0.918. The fraction of sp³-hybridized carbons (Fsp3) is 0.250. The second-order valence-electron chi connectivity index (χ2n) is 2.88. The van der Waals surface area contributed by atoms with E-state index in [1.54, 1.807) is 12.1 Å². The van der Waals surface area contributed by atoms with E-state index in [2.05, 4.69) is 4.18 Å². The highest BCUT2D eigenvalue weighted by atomic mass is 32.2. The molecular formula is C8H10O5S2. The summed E-state index contributed by atoms with van der Waals surface area (Å²) in [6.45, 7) is 1.83. The SMILES string of the molecule is Cc1ccc(S(=O)(=O)COS(=O)O)cc1. The lowest BCUT2D eigenvalue weighted by molar-refractivity contribution is 0.353. The van der Waals surface area contributed by atoms with Crippen molar-refractivity contribution in [3.05, 3.63) is 29.8 Å². The highest BCUT2D eigenvalue weighted by Crippen LogP contribution is 2.12. The lowest BCUT2D eigenvalue weighted by atomic mass is 10.2. The molecule has 1 rings (SSSR count). The molecule has 7 heteroatoms. The molecule has 0 bridgehead atoms. The van der Waals surface area contributed by atoms with Gasteiger partial charge in [-0.15, -0.1) is 0 Å². The van der Waals surface area contributed by atoms with E-state index in [0.717, 1.165) is 5.56 Å². The first-order valence-corrected chi connectivity index (χ1v) is 6.64. The molecule has 1 aromatic rings. The van der Waals surface area contributed by atoms with E-state index in [4.69, 9.17) is 4.55 Å². The van der Waals surface area contributed by atoms with Gasteiger partial charge in [0.2, 0.25) is 9.84 Å². The van der Waals surface area contributed by atoms with Gasteiger partial charge < -0.3 is 0 Å². The van der Waals surface area contributed by atoms with Gasteiger partial charge in [0.1, 0.15) is 0 Å². The van der Waals surface area contributed by atoms with Gasteiger partial charge in [-0.3, -0.25) is 8.74 Å². The number of aryl methyl sites for hydroxylation is 1. The molecule has 0 aliphatic heterocycles. The Morgan fingerprint density at radius 2 is 1.87 bits per heavy atom. The smallest absolute Gasteiger partial charge is 0.284 e. The van der Waals surface area contributed by atoms with Crippen molar-refractivity contribution in [2.45, 2.75) is 11.8 Å². The molecule has 84 valence electrons. The summed E-state index contributed by atoms with van der Waals surface area (Å²) in [7, 11) is -3.65. The Labute approximate surface area is 90.5 Å². The van der Waals surface area contributed by atoms with Gasteiger partial charge in [0.15, 0.2) is 5.94 Å². The van der Waals surface area contributed by atoms with Crippen LogP contribution in [0.25, 0.3) is 0 Å². The van der Waals surface area contributed by atoms with E-state index in [0.29, 0.717) is 0 Å². The van der Waals surface area contributed by atoms with Gasteiger partial charge in [0.05, 0.1) is 4.90 Å². The van der Waals surface area contributed by atoms with Crippen LogP contribution in [0.1, 0.15) is 5.56 Å². The molecule has 15 heavy (non-hydrogen) atoms. The molecule has 0 heterocycles. The van der Waals surface area contributed by atoms with Gasteiger partial charge in [-0.25, -0.2) is 8.42 Å². The first kappa shape index (κ1) is 12.3. The maximum Gasteiger partial charge on any atom is 0.302 e. The van der Waals surface area contributed by atoms with E-state index < -0.39 is 27.1 Å². The molecule has 0 amide bonds. The van der Waals surface area contributed by atoms with Crippen LogP contribution in [0.3, 0.4) is 0 Å². The quantitative estimate of drug-likeness (QED) is 0.802. The maximum atomic E-state index is 11.5. The Morgan fingerprint density at radius 1 is 1.33 bits per heavy atom. The second-order valence-corrected chi connectivity index (χ2v) is 5.49. The van der Waals surface area contributed by atoms with E-state index in [1.165, 1.54) is 12.1 Å². The van der Waals surface area contributed by atoms with Crippen molar-refractivity contribution >= 4 is 21.2 Å². The molecule has 1 atom stereocenters. The van der Waals surface area contributed by atoms with Gasteiger partial charge in [-0.05, 0) is 19.1 Å². The van der Waals surface area contributed by atoms with Crippen molar-refractivity contribution in [2.24, 2.45) is 0 Å². The van der Waals surface area contributed by atoms with Crippen LogP contribution < -0.4 is 0 Å². The fourth-order valence-corrected chi connectivity index (χ4v) is 2.44. The summed E-state index contributed by atoms with van der Waals surface area (Å²) in [5, 5.41) is 0. The number of hydrogen-bond acceptors (Lipinski definition) is 4. The number of sulfone groups is 1. The molecule has 0 radical (unpaired) electrons. The van der Waals surface area contributed by atoms with Gasteiger partial charge in [0, 0.05) is 0 Å². The largest absolute Gasteiger partial charge is 0.302 e. The summed E-state index contributed by atoms with van der Waals surface area (Å²) in [6.07, 6.45) is 0. The summed E-state index contributed by atoms with van der Waals surface area (Å²) < 4.78 is 45.5. The minimum Gasteiger partial charge on any atom is -0.284 e. The lowest BCUT2D eigenvalue weighted by Crippen LogP contribution is -2.11. The zero-order valence-electron chi connectivity index (χ0n) is 7.91. The van der Waals surface area contributed by atoms with Crippen molar-refractivity contribution in [1.82, 2.24) is 0 Å². The van der Waals surface area contributed by atoms with Crippen molar-refractivity contribution in [1.29, 1.82) is 0 Å². The Kier molecular flexibility index (Phi) is 3.97. The minimum atomic E-state index is -3.65. The Balaban J connectivity index is 2.87. The lowest BCUT2D eigenvalue weighted by Gasteiger charge is -2.02. The Morgan fingerprint density at radius 3 is 2.33 bits per heavy atom. The second kappa shape index (κ2) is 4.84. The van der Waals surface area contributed by atoms with Crippen LogP contribution in [0, 0.1) is 6.92 Å². The van der Waals surface area contributed by atoms with Gasteiger partial charge in [-0.2, -0.15) is 4.21 Å². The van der Waals surface area contributed by atoms with Crippen LogP contribution in [0.15, 0.2) is 29.2 Å². The van der Waals surface area contributed by atoms with Crippen LogP contribution >= 0.6 is 0 Å². The maximum absolute atomic E-state index is 11.5.